The topological polar surface area (TPSA) is 75.8 Å². The van der Waals surface area contributed by atoms with E-state index in [0.29, 0.717) is 18.7 Å². The van der Waals surface area contributed by atoms with E-state index in [4.69, 9.17) is 15.6 Å². The lowest BCUT2D eigenvalue weighted by Gasteiger charge is -2.15. The van der Waals surface area contributed by atoms with E-state index in [2.05, 4.69) is 0 Å². The van der Waals surface area contributed by atoms with Gasteiger partial charge in [-0.2, -0.15) is 0 Å². The van der Waals surface area contributed by atoms with E-state index in [0.717, 1.165) is 0 Å². The van der Waals surface area contributed by atoms with E-state index in [1.807, 2.05) is 0 Å². The lowest BCUT2D eigenvalue weighted by molar-refractivity contribution is 0.144. The molecule has 1 heterocycles. The van der Waals surface area contributed by atoms with Crippen LogP contribution in [0.25, 0.3) is 0 Å². The number of hydrogen-bond donors (Lipinski definition) is 2. The zero-order valence-corrected chi connectivity index (χ0v) is 9.10. The summed E-state index contributed by atoms with van der Waals surface area (Å²) in [5.41, 5.74) is 5.94. The molecule has 0 bridgehead atoms. The molecule has 1 aliphatic heterocycles. The molecule has 1 aromatic rings. The highest BCUT2D eigenvalue weighted by atomic mass is 19.1. The van der Waals surface area contributed by atoms with E-state index in [1.54, 1.807) is 0 Å². The highest BCUT2D eigenvalue weighted by Gasteiger charge is 2.27. The van der Waals surface area contributed by atoms with Crippen LogP contribution in [0.3, 0.4) is 0 Å². The van der Waals surface area contributed by atoms with E-state index >= 15 is 0 Å². The predicted octanol–water partition coefficient (Wildman–Crippen LogP) is 1.54. The van der Waals surface area contributed by atoms with Crippen LogP contribution in [0.1, 0.15) is 6.42 Å². The fraction of sp³-hybridized carbons (Fsp3) is 0.364. The minimum Gasteiger partial charge on any atom is -0.485 e. The van der Waals surface area contributed by atoms with Gasteiger partial charge in [0.2, 0.25) is 0 Å². The van der Waals surface area contributed by atoms with E-state index in [1.165, 1.54) is 23.1 Å². The van der Waals surface area contributed by atoms with Gasteiger partial charge in [-0.05, 0) is 12.1 Å². The van der Waals surface area contributed by atoms with Gasteiger partial charge in [-0.25, -0.2) is 9.18 Å². The second-order valence-corrected chi connectivity index (χ2v) is 3.95. The van der Waals surface area contributed by atoms with Crippen LogP contribution in [0, 0.1) is 5.82 Å². The van der Waals surface area contributed by atoms with Crippen molar-refractivity contribution < 1.29 is 19.0 Å². The SMILES string of the molecule is Nc1ccc(F)c(O[C@H]2CCN(C(=O)O)C2)c1. The molecule has 1 fully saturated rings. The van der Waals surface area contributed by atoms with Gasteiger partial charge < -0.3 is 20.5 Å². The van der Waals surface area contributed by atoms with Gasteiger partial charge in [0.1, 0.15) is 6.10 Å². The predicted molar refractivity (Wildman–Crippen MR) is 59.4 cm³/mol. The first-order valence-corrected chi connectivity index (χ1v) is 5.26. The average Bonchev–Trinajstić information content (AvgIpc) is 2.72. The quantitative estimate of drug-likeness (QED) is 0.769. The number of nitrogens with zero attached hydrogens (tertiary/aromatic N) is 1. The van der Waals surface area contributed by atoms with Crippen molar-refractivity contribution in [3.05, 3.63) is 24.0 Å². The Morgan fingerprint density at radius 3 is 3.00 bits per heavy atom. The van der Waals surface area contributed by atoms with Gasteiger partial charge >= 0.3 is 6.09 Å². The van der Waals surface area contributed by atoms with Gasteiger partial charge in [-0.1, -0.05) is 0 Å². The molecule has 1 aliphatic rings. The Kier molecular flexibility index (Phi) is 3.03. The summed E-state index contributed by atoms with van der Waals surface area (Å²) in [5.74, 6) is -0.421. The molecule has 1 atom stereocenters. The summed E-state index contributed by atoms with van der Waals surface area (Å²) in [6.45, 7) is 0.660. The lowest BCUT2D eigenvalue weighted by Crippen LogP contribution is -2.29. The third-order valence-electron chi connectivity index (χ3n) is 2.66. The molecule has 2 rings (SSSR count). The Bertz CT molecular complexity index is 439. The molecule has 0 saturated carbocycles. The molecule has 0 aromatic heterocycles. The normalized spacial score (nSPS) is 19.4. The monoisotopic (exact) mass is 240 g/mol. The first-order chi connectivity index (χ1) is 8.06. The number of nitrogens with two attached hydrogens (primary N) is 1. The zero-order valence-electron chi connectivity index (χ0n) is 9.10. The maximum absolute atomic E-state index is 13.4. The molecule has 3 N–H and O–H groups in total. The van der Waals surface area contributed by atoms with E-state index in [-0.39, 0.29) is 18.4 Å². The van der Waals surface area contributed by atoms with Crippen molar-refractivity contribution in [1.82, 2.24) is 4.90 Å². The first-order valence-electron chi connectivity index (χ1n) is 5.26. The maximum atomic E-state index is 13.4. The van der Waals surface area contributed by atoms with Gasteiger partial charge in [0, 0.05) is 24.7 Å². The number of hydrogen-bond acceptors (Lipinski definition) is 3. The number of ether oxygens (including phenoxy) is 1. The largest absolute Gasteiger partial charge is 0.485 e. The molecule has 17 heavy (non-hydrogen) atoms. The number of anilines is 1. The van der Waals surface area contributed by atoms with Crippen LogP contribution in [0.2, 0.25) is 0 Å². The fourth-order valence-corrected chi connectivity index (χ4v) is 1.79. The summed E-state index contributed by atoms with van der Waals surface area (Å²) in [6, 6.07) is 4.08. The number of rotatable bonds is 2. The molecule has 92 valence electrons. The van der Waals surface area contributed by atoms with Gasteiger partial charge in [0.15, 0.2) is 11.6 Å². The Labute approximate surface area is 97.6 Å². The van der Waals surface area contributed by atoms with E-state index < -0.39 is 11.9 Å². The van der Waals surface area contributed by atoms with Crippen LogP contribution < -0.4 is 10.5 Å². The van der Waals surface area contributed by atoms with Gasteiger partial charge in [-0.3, -0.25) is 0 Å². The number of carbonyl (C=O) groups is 1. The van der Waals surface area contributed by atoms with Gasteiger partial charge in [0.25, 0.3) is 0 Å². The van der Waals surface area contributed by atoms with Crippen molar-refractivity contribution in [2.45, 2.75) is 12.5 Å². The van der Waals surface area contributed by atoms with Crippen molar-refractivity contribution in [3.8, 4) is 5.75 Å². The molecule has 6 heteroatoms. The number of nitrogen functional groups attached to an aromatic ring is 1. The van der Waals surface area contributed by atoms with Crippen LogP contribution in [0.4, 0.5) is 14.9 Å². The summed E-state index contributed by atoms with van der Waals surface area (Å²) < 4.78 is 18.8. The zero-order chi connectivity index (χ0) is 12.4. The summed E-state index contributed by atoms with van der Waals surface area (Å²) >= 11 is 0. The number of amides is 1. The smallest absolute Gasteiger partial charge is 0.407 e. The van der Waals surface area contributed by atoms with Crippen molar-refractivity contribution in [2.75, 3.05) is 18.8 Å². The first kappa shape index (κ1) is 11.5. The highest BCUT2D eigenvalue weighted by molar-refractivity contribution is 5.65. The number of benzene rings is 1. The maximum Gasteiger partial charge on any atom is 0.407 e. The van der Waals surface area contributed by atoms with Crippen molar-refractivity contribution in [2.24, 2.45) is 0 Å². The molecule has 5 nitrogen and oxygen atoms in total. The van der Waals surface area contributed by atoms with Crippen molar-refractivity contribution >= 4 is 11.8 Å². The molecule has 0 aliphatic carbocycles. The summed E-state index contributed by atoms with van der Waals surface area (Å²) in [4.78, 5) is 11.9. The molecule has 1 saturated heterocycles. The van der Waals surface area contributed by atoms with Crippen LogP contribution >= 0.6 is 0 Å². The third-order valence-corrected chi connectivity index (χ3v) is 2.66. The Hall–Kier alpha value is -1.98. The van der Waals surface area contributed by atoms with Crippen molar-refractivity contribution in [3.63, 3.8) is 0 Å². The number of carboxylic acid groups (broad SMARTS) is 1. The lowest BCUT2D eigenvalue weighted by atomic mass is 10.2. The molecular weight excluding hydrogens is 227 g/mol. The minimum absolute atomic E-state index is 0.0715. The number of halogens is 1. The Morgan fingerprint density at radius 1 is 1.59 bits per heavy atom. The third kappa shape index (κ3) is 2.58. The summed E-state index contributed by atoms with van der Waals surface area (Å²) in [5, 5.41) is 8.77. The highest BCUT2D eigenvalue weighted by Crippen LogP contribution is 2.24. The minimum atomic E-state index is -0.982. The van der Waals surface area contributed by atoms with Crippen molar-refractivity contribution in [1.29, 1.82) is 0 Å². The molecule has 0 spiro atoms. The van der Waals surface area contributed by atoms with E-state index in [9.17, 15) is 9.18 Å². The van der Waals surface area contributed by atoms with Crippen LogP contribution in [-0.2, 0) is 0 Å². The summed E-state index contributed by atoms with van der Waals surface area (Å²) in [7, 11) is 0. The van der Waals surface area contributed by atoms with Gasteiger partial charge in [0.05, 0.1) is 6.54 Å². The Morgan fingerprint density at radius 2 is 2.35 bits per heavy atom. The van der Waals surface area contributed by atoms with Crippen LogP contribution in [0.15, 0.2) is 18.2 Å². The van der Waals surface area contributed by atoms with Crippen LogP contribution in [0.5, 0.6) is 5.75 Å². The fourth-order valence-electron chi connectivity index (χ4n) is 1.79. The second-order valence-electron chi connectivity index (χ2n) is 3.95. The standard InChI is InChI=1S/C11H13FN2O3/c12-9-2-1-7(13)5-10(9)17-8-3-4-14(6-8)11(15)16/h1-2,5,8H,3-4,6,13H2,(H,15,16)/t8-/m0/s1. The molecule has 0 unspecified atom stereocenters. The molecule has 0 radical (unpaired) electrons. The molecule has 1 aromatic carbocycles. The molecule has 1 amide bonds. The number of likely N-dealkylation sites (tertiary alicyclic amines) is 1. The van der Waals surface area contributed by atoms with Crippen LogP contribution in [-0.4, -0.2) is 35.3 Å². The second kappa shape index (κ2) is 4.48. The summed E-state index contributed by atoms with van der Waals surface area (Å²) in [6.07, 6.45) is -0.743. The average molecular weight is 240 g/mol. The molecular formula is C11H13FN2O3. The van der Waals surface area contributed by atoms with Gasteiger partial charge in [-0.15, -0.1) is 0 Å². The Balaban J connectivity index is 2.02.